The number of rotatable bonds is 1. The van der Waals surface area contributed by atoms with Crippen molar-refractivity contribution in [1.82, 2.24) is 10.4 Å². The van der Waals surface area contributed by atoms with Crippen LogP contribution in [0.25, 0.3) is 0 Å². The number of hydroxylamine groups is 1. The Balaban J connectivity index is 1.89. The lowest BCUT2D eigenvalue weighted by Gasteiger charge is -2.43. The summed E-state index contributed by atoms with van der Waals surface area (Å²) in [5.41, 5.74) is 2.14. The molecule has 1 fully saturated rings. The number of ether oxygens (including phenoxy) is 1. The number of nitrogens with one attached hydrogen (secondary N) is 1. The minimum atomic E-state index is -0.749. The van der Waals surface area contributed by atoms with Gasteiger partial charge in [0.2, 0.25) is 0 Å². The van der Waals surface area contributed by atoms with E-state index in [1.54, 1.807) is 35.6 Å². The fourth-order valence-corrected chi connectivity index (χ4v) is 3.16. The molecule has 2 N–H and O–H groups in total. The van der Waals surface area contributed by atoms with Crippen molar-refractivity contribution in [2.45, 2.75) is 31.3 Å². The Kier molecular flexibility index (Phi) is 3.33. The predicted octanol–water partition coefficient (Wildman–Crippen LogP) is 1.12. The van der Waals surface area contributed by atoms with Gasteiger partial charge in [-0.2, -0.15) is 0 Å². The zero-order valence-electron chi connectivity index (χ0n) is 11.9. The molecule has 1 aromatic rings. The molecule has 21 heavy (non-hydrogen) atoms. The molecule has 1 unspecified atom stereocenters. The molecule has 2 aliphatic heterocycles. The van der Waals surface area contributed by atoms with Crippen LogP contribution in [0.15, 0.2) is 18.2 Å². The second-order valence-electron chi connectivity index (χ2n) is 5.69. The highest BCUT2D eigenvalue weighted by Crippen LogP contribution is 2.39. The van der Waals surface area contributed by atoms with E-state index in [1.165, 1.54) is 0 Å². The van der Waals surface area contributed by atoms with Crippen LogP contribution in [0.3, 0.4) is 0 Å². The van der Waals surface area contributed by atoms with Crippen LogP contribution in [0.2, 0.25) is 0 Å². The number of piperidine rings is 1. The van der Waals surface area contributed by atoms with Crippen LogP contribution in [0.4, 0.5) is 0 Å². The fraction of sp³-hybridized carbons (Fsp3) is 0.467. The molecule has 1 aromatic carbocycles. The number of hydrogen-bond acceptors (Lipinski definition) is 4. The van der Waals surface area contributed by atoms with Crippen molar-refractivity contribution >= 4 is 11.8 Å². The van der Waals surface area contributed by atoms with E-state index in [-0.39, 0.29) is 5.91 Å². The van der Waals surface area contributed by atoms with Crippen molar-refractivity contribution in [3.8, 4) is 5.75 Å². The van der Waals surface area contributed by atoms with E-state index in [1.807, 2.05) is 0 Å². The van der Waals surface area contributed by atoms with Gasteiger partial charge in [-0.3, -0.25) is 14.8 Å². The Hall–Kier alpha value is -2.08. The Bertz CT molecular complexity index is 601. The SMILES string of the molecule is CN1CCCC2(CCc3cc(C(=O)NO)ccc3O2)C1=O. The molecule has 0 radical (unpaired) electrons. The molecular weight excluding hydrogens is 272 g/mol. The van der Waals surface area contributed by atoms with Crippen molar-refractivity contribution in [2.24, 2.45) is 0 Å². The standard InChI is InChI=1S/C15H18N2O4/c1-17-8-2-6-15(14(17)19)7-5-10-9-11(13(18)16-20)3-4-12(10)21-15/h3-4,9,20H,2,5-8H2,1H3,(H,16,18). The number of aryl methyl sites for hydroxylation is 1. The first kappa shape index (κ1) is 13.9. The summed E-state index contributed by atoms with van der Waals surface area (Å²) in [5.74, 6) is 0.141. The summed E-state index contributed by atoms with van der Waals surface area (Å²) in [6.07, 6.45) is 2.96. The fourth-order valence-electron chi connectivity index (χ4n) is 3.16. The van der Waals surface area contributed by atoms with E-state index in [2.05, 4.69) is 0 Å². The van der Waals surface area contributed by atoms with Crippen LogP contribution in [0, 0.1) is 0 Å². The maximum Gasteiger partial charge on any atom is 0.274 e. The summed E-state index contributed by atoms with van der Waals surface area (Å²) in [6, 6.07) is 4.98. The zero-order chi connectivity index (χ0) is 15.0. The predicted molar refractivity (Wildman–Crippen MR) is 74.2 cm³/mol. The van der Waals surface area contributed by atoms with Gasteiger partial charge >= 0.3 is 0 Å². The maximum atomic E-state index is 12.4. The molecule has 112 valence electrons. The van der Waals surface area contributed by atoms with E-state index >= 15 is 0 Å². The smallest absolute Gasteiger partial charge is 0.274 e. The van der Waals surface area contributed by atoms with Crippen molar-refractivity contribution in [1.29, 1.82) is 0 Å². The highest BCUT2D eigenvalue weighted by atomic mass is 16.5. The molecule has 0 saturated carbocycles. The number of likely N-dealkylation sites (tertiary alicyclic amines) is 1. The van der Waals surface area contributed by atoms with E-state index in [9.17, 15) is 9.59 Å². The number of likely N-dealkylation sites (N-methyl/N-ethyl adjacent to an activating group) is 1. The third-order valence-electron chi connectivity index (χ3n) is 4.34. The van der Waals surface area contributed by atoms with Crippen LogP contribution in [-0.4, -0.2) is 41.1 Å². The van der Waals surface area contributed by atoms with Gasteiger partial charge in [-0.15, -0.1) is 0 Å². The molecule has 2 heterocycles. The topological polar surface area (TPSA) is 78.9 Å². The minimum absolute atomic E-state index is 0.0385. The first-order valence-corrected chi connectivity index (χ1v) is 7.08. The third kappa shape index (κ3) is 2.25. The normalized spacial score (nSPS) is 24.5. The number of fused-ring (bicyclic) bond motifs is 1. The molecule has 6 heteroatoms. The van der Waals surface area contributed by atoms with Crippen LogP contribution >= 0.6 is 0 Å². The number of amides is 2. The van der Waals surface area contributed by atoms with Crippen molar-refractivity contribution < 1.29 is 19.5 Å². The van der Waals surface area contributed by atoms with Gasteiger partial charge in [-0.05, 0) is 43.0 Å². The monoisotopic (exact) mass is 290 g/mol. The van der Waals surface area contributed by atoms with Crippen molar-refractivity contribution in [3.05, 3.63) is 29.3 Å². The van der Waals surface area contributed by atoms with E-state index in [0.717, 1.165) is 24.9 Å². The second-order valence-corrected chi connectivity index (χ2v) is 5.69. The molecule has 2 amide bonds. The van der Waals surface area contributed by atoms with Gasteiger partial charge in [0.25, 0.3) is 11.8 Å². The molecular formula is C15H18N2O4. The molecule has 1 atom stereocenters. The van der Waals surface area contributed by atoms with Crippen LogP contribution in [-0.2, 0) is 11.2 Å². The van der Waals surface area contributed by atoms with E-state index in [0.29, 0.717) is 24.2 Å². The third-order valence-corrected chi connectivity index (χ3v) is 4.34. The Morgan fingerprint density at radius 3 is 3.00 bits per heavy atom. The summed E-state index contributed by atoms with van der Waals surface area (Å²) in [6.45, 7) is 0.770. The molecule has 0 aliphatic carbocycles. The number of hydrogen-bond donors (Lipinski definition) is 2. The summed E-state index contributed by atoms with van der Waals surface area (Å²) < 4.78 is 6.03. The zero-order valence-corrected chi connectivity index (χ0v) is 11.9. The van der Waals surface area contributed by atoms with Gasteiger partial charge in [-0.25, -0.2) is 5.48 Å². The number of nitrogens with zero attached hydrogens (tertiary/aromatic N) is 1. The molecule has 2 aliphatic rings. The van der Waals surface area contributed by atoms with Gasteiger partial charge < -0.3 is 9.64 Å². The van der Waals surface area contributed by atoms with Crippen molar-refractivity contribution in [2.75, 3.05) is 13.6 Å². The maximum absolute atomic E-state index is 12.4. The van der Waals surface area contributed by atoms with Crippen LogP contribution in [0.1, 0.15) is 35.2 Å². The summed E-state index contributed by atoms with van der Waals surface area (Å²) in [4.78, 5) is 25.6. The quantitative estimate of drug-likeness (QED) is 0.600. The molecule has 6 nitrogen and oxygen atoms in total. The lowest BCUT2D eigenvalue weighted by molar-refractivity contribution is -0.153. The largest absolute Gasteiger partial charge is 0.477 e. The van der Waals surface area contributed by atoms with Gasteiger partial charge in [0.1, 0.15) is 5.75 Å². The Morgan fingerprint density at radius 1 is 1.43 bits per heavy atom. The van der Waals surface area contributed by atoms with Gasteiger partial charge in [-0.1, -0.05) is 0 Å². The van der Waals surface area contributed by atoms with Gasteiger partial charge in [0.05, 0.1) is 0 Å². The molecule has 0 aromatic heterocycles. The molecule has 1 spiro atoms. The molecule has 1 saturated heterocycles. The highest BCUT2D eigenvalue weighted by Gasteiger charge is 2.47. The lowest BCUT2D eigenvalue weighted by atomic mass is 9.83. The average Bonchev–Trinajstić information content (AvgIpc) is 2.51. The van der Waals surface area contributed by atoms with Gasteiger partial charge in [0.15, 0.2) is 5.60 Å². The number of benzene rings is 1. The van der Waals surface area contributed by atoms with E-state index in [4.69, 9.17) is 9.94 Å². The first-order chi connectivity index (χ1) is 10.1. The molecule has 0 bridgehead atoms. The Morgan fingerprint density at radius 2 is 2.24 bits per heavy atom. The summed E-state index contributed by atoms with van der Waals surface area (Å²) in [5, 5.41) is 8.67. The summed E-state index contributed by atoms with van der Waals surface area (Å²) >= 11 is 0. The minimum Gasteiger partial charge on any atom is -0.477 e. The van der Waals surface area contributed by atoms with Gasteiger partial charge in [0, 0.05) is 25.6 Å². The van der Waals surface area contributed by atoms with E-state index < -0.39 is 11.5 Å². The first-order valence-electron chi connectivity index (χ1n) is 7.08. The molecule has 3 rings (SSSR count). The van der Waals surface area contributed by atoms with Crippen LogP contribution in [0.5, 0.6) is 5.75 Å². The number of carbonyl (C=O) groups excluding carboxylic acids is 2. The van der Waals surface area contributed by atoms with Crippen LogP contribution < -0.4 is 10.2 Å². The average molecular weight is 290 g/mol. The second kappa shape index (κ2) is 5.04. The Labute approximate surface area is 122 Å². The number of carbonyl (C=O) groups is 2. The highest BCUT2D eigenvalue weighted by molar-refractivity contribution is 5.94. The van der Waals surface area contributed by atoms with Crippen molar-refractivity contribution in [3.63, 3.8) is 0 Å². The lowest BCUT2D eigenvalue weighted by Crippen LogP contribution is -2.56. The summed E-state index contributed by atoms with van der Waals surface area (Å²) in [7, 11) is 1.80.